The van der Waals surface area contributed by atoms with Crippen LogP contribution in [0, 0.1) is 16.6 Å². The standard InChI is InChI=1S/C19H17FN6O2/c1-2-13-4-3-5-17(24-13)25-19(27)16-7-15(10-26(11-21)18(16)22)28-14-6-12(20)8-23-9-14/h3-11,21-22H,2H2,1H3,(H,24,25,27). The van der Waals surface area contributed by atoms with E-state index in [-0.39, 0.29) is 22.6 Å². The molecule has 0 aliphatic heterocycles. The summed E-state index contributed by atoms with van der Waals surface area (Å²) in [6.45, 7) is 1.95. The summed E-state index contributed by atoms with van der Waals surface area (Å²) in [7, 11) is 0. The first-order valence-corrected chi connectivity index (χ1v) is 8.37. The summed E-state index contributed by atoms with van der Waals surface area (Å²) in [5, 5.41) is 18.2. The number of anilines is 1. The van der Waals surface area contributed by atoms with Gasteiger partial charge in [0.05, 0.1) is 30.5 Å². The lowest BCUT2D eigenvalue weighted by Gasteiger charge is -2.11. The van der Waals surface area contributed by atoms with Gasteiger partial charge in [-0.05, 0) is 24.6 Å². The monoisotopic (exact) mass is 380 g/mol. The molecule has 0 saturated carbocycles. The van der Waals surface area contributed by atoms with E-state index in [2.05, 4.69) is 15.3 Å². The van der Waals surface area contributed by atoms with Crippen molar-refractivity contribution in [2.75, 3.05) is 5.32 Å². The molecule has 0 atom stereocenters. The third-order valence-corrected chi connectivity index (χ3v) is 3.78. The second-order valence-electron chi connectivity index (χ2n) is 5.74. The van der Waals surface area contributed by atoms with Crippen LogP contribution in [0.5, 0.6) is 11.5 Å². The van der Waals surface area contributed by atoms with Crippen LogP contribution in [0.2, 0.25) is 0 Å². The molecule has 0 saturated heterocycles. The Kier molecular flexibility index (Phi) is 5.54. The average Bonchev–Trinajstić information content (AvgIpc) is 2.69. The van der Waals surface area contributed by atoms with Crippen LogP contribution in [0.1, 0.15) is 23.0 Å². The minimum Gasteiger partial charge on any atom is -0.454 e. The van der Waals surface area contributed by atoms with E-state index in [1.54, 1.807) is 12.1 Å². The van der Waals surface area contributed by atoms with Gasteiger partial charge >= 0.3 is 0 Å². The number of rotatable bonds is 6. The van der Waals surface area contributed by atoms with E-state index in [0.29, 0.717) is 12.2 Å². The quantitative estimate of drug-likeness (QED) is 0.450. The van der Waals surface area contributed by atoms with Crippen molar-refractivity contribution >= 4 is 18.1 Å². The Labute approximate surface area is 159 Å². The highest BCUT2D eigenvalue weighted by molar-refractivity contribution is 6.03. The van der Waals surface area contributed by atoms with Crippen LogP contribution < -0.4 is 15.5 Å². The lowest BCUT2D eigenvalue weighted by atomic mass is 10.2. The van der Waals surface area contributed by atoms with Crippen LogP contribution in [-0.2, 0) is 6.42 Å². The highest BCUT2D eigenvalue weighted by Crippen LogP contribution is 2.21. The van der Waals surface area contributed by atoms with E-state index in [1.165, 1.54) is 18.5 Å². The van der Waals surface area contributed by atoms with Gasteiger partial charge in [0.15, 0.2) is 0 Å². The number of amides is 1. The van der Waals surface area contributed by atoms with Crippen molar-refractivity contribution in [2.24, 2.45) is 0 Å². The molecule has 3 heterocycles. The Bertz CT molecular complexity index is 1100. The number of hydrogen-bond acceptors (Lipinski definition) is 6. The van der Waals surface area contributed by atoms with Crippen molar-refractivity contribution in [2.45, 2.75) is 13.3 Å². The Hall–Kier alpha value is -3.88. The van der Waals surface area contributed by atoms with E-state index < -0.39 is 11.7 Å². The number of ether oxygens (including phenoxy) is 1. The van der Waals surface area contributed by atoms with Crippen LogP contribution in [0.4, 0.5) is 10.2 Å². The Morgan fingerprint density at radius 1 is 1.32 bits per heavy atom. The zero-order chi connectivity index (χ0) is 20.1. The molecule has 142 valence electrons. The predicted molar refractivity (Wildman–Crippen MR) is 100 cm³/mol. The van der Waals surface area contributed by atoms with E-state index in [4.69, 9.17) is 15.6 Å². The van der Waals surface area contributed by atoms with Crippen LogP contribution >= 0.6 is 0 Å². The summed E-state index contributed by atoms with van der Waals surface area (Å²) in [5.41, 5.74) is 0.576. The number of aryl methyl sites for hydroxylation is 1. The molecule has 0 radical (unpaired) electrons. The largest absolute Gasteiger partial charge is 0.454 e. The smallest absolute Gasteiger partial charge is 0.260 e. The van der Waals surface area contributed by atoms with Crippen molar-refractivity contribution < 1.29 is 13.9 Å². The zero-order valence-electron chi connectivity index (χ0n) is 14.9. The van der Waals surface area contributed by atoms with E-state index in [0.717, 1.165) is 28.9 Å². The molecule has 0 bridgehead atoms. The molecule has 0 aliphatic rings. The van der Waals surface area contributed by atoms with Crippen LogP contribution in [-0.4, -0.2) is 26.8 Å². The highest BCUT2D eigenvalue weighted by Gasteiger charge is 2.14. The molecular weight excluding hydrogens is 363 g/mol. The zero-order valence-corrected chi connectivity index (χ0v) is 14.9. The van der Waals surface area contributed by atoms with Gasteiger partial charge in [-0.3, -0.25) is 25.2 Å². The normalized spacial score (nSPS) is 10.4. The molecule has 0 aliphatic carbocycles. The third-order valence-electron chi connectivity index (χ3n) is 3.78. The van der Waals surface area contributed by atoms with Gasteiger partial charge in [-0.25, -0.2) is 9.37 Å². The molecule has 9 heteroatoms. The van der Waals surface area contributed by atoms with Crippen LogP contribution in [0.25, 0.3) is 0 Å². The average molecular weight is 380 g/mol. The number of carbonyl (C=O) groups excluding carboxylic acids is 1. The summed E-state index contributed by atoms with van der Waals surface area (Å²) in [6, 6.07) is 7.74. The summed E-state index contributed by atoms with van der Waals surface area (Å²) in [5.74, 6) is -0.533. The second-order valence-corrected chi connectivity index (χ2v) is 5.74. The molecule has 8 nitrogen and oxygen atoms in total. The maximum atomic E-state index is 13.3. The molecule has 3 aromatic rings. The van der Waals surface area contributed by atoms with Crippen molar-refractivity contribution in [1.29, 1.82) is 10.8 Å². The molecule has 0 fully saturated rings. The Morgan fingerprint density at radius 2 is 2.14 bits per heavy atom. The Balaban J connectivity index is 1.93. The number of pyridine rings is 3. The minimum atomic E-state index is -0.579. The topological polar surface area (TPSA) is 117 Å². The fourth-order valence-corrected chi connectivity index (χ4v) is 2.43. The lowest BCUT2D eigenvalue weighted by Crippen LogP contribution is -2.29. The molecule has 3 rings (SSSR count). The predicted octanol–water partition coefficient (Wildman–Crippen LogP) is 2.96. The first-order valence-electron chi connectivity index (χ1n) is 8.37. The highest BCUT2D eigenvalue weighted by atomic mass is 19.1. The molecule has 3 N–H and O–H groups in total. The van der Waals surface area contributed by atoms with Gasteiger partial charge in [-0.1, -0.05) is 13.0 Å². The maximum Gasteiger partial charge on any atom is 0.260 e. The Morgan fingerprint density at radius 3 is 2.86 bits per heavy atom. The molecule has 1 amide bonds. The second kappa shape index (κ2) is 8.21. The molecule has 0 spiro atoms. The summed E-state index contributed by atoms with van der Waals surface area (Å²) in [4.78, 5) is 20.7. The van der Waals surface area contributed by atoms with E-state index in [9.17, 15) is 9.18 Å². The number of hydrogen-bond donors (Lipinski definition) is 3. The summed E-state index contributed by atoms with van der Waals surface area (Å²) in [6.07, 6.45) is 5.27. The number of nitrogens with one attached hydrogen (secondary N) is 3. The summed E-state index contributed by atoms with van der Waals surface area (Å²) >= 11 is 0. The molecule has 3 aromatic heterocycles. The lowest BCUT2D eigenvalue weighted by molar-refractivity contribution is 0.102. The van der Waals surface area contributed by atoms with Crippen molar-refractivity contribution in [3.8, 4) is 11.5 Å². The van der Waals surface area contributed by atoms with Gasteiger partial charge in [0.2, 0.25) is 0 Å². The fraction of sp³-hybridized carbons (Fsp3) is 0.105. The molecule has 0 aromatic carbocycles. The van der Waals surface area contributed by atoms with Gasteiger partial charge in [-0.2, -0.15) is 0 Å². The van der Waals surface area contributed by atoms with Crippen LogP contribution in [0.15, 0.2) is 48.9 Å². The first-order chi connectivity index (χ1) is 13.5. The SMILES string of the molecule is CCc1cccc(NC(=O)c2cc(Oc3cncc(F)c3)cn(C=N)c2=N)n1. The molecule has 0 unspecified atom stereocenters. The van der Waals surface area contributed by atoms with Gasteiger partial charge < -0.3 is 10.1 Å². The van der Waals surface area contributed by atoms with Gasteiger partial charge in [0.25, 0.3) is 5.91 Å². The molecular formula is C19H17FN6O2. The number of halogens is 1. The van der Waals surface area contributed by atoms with Gasteiger partial charge in [0, 0.05) is 11.8 Å². The third kappa shape index (κ3) is 4.26. The van der Waals surface area contributed by atoms with E-state index >= 15 is 0 Å². The molecule has 28 heavy (non-hydrogen) atoms. The number of carbonyl (C=O) groups is 1. The van der Waals surface area contributed by atoms with Crippen molar-refractivity contribution in [3.05, 3.63) is 71.5 Å². The van der Waals surface area contributed by atoms with Gasteiger partial charge in [-0.15, -0.1) is 0 Å². The minimum absolute atomic E-state index is 0.0333. The first kappa shape index (κ1) is 18.9. The number of nitrogens with zero attached hydrogens (tertiary/aromatic N) is 3. The van der Waals surface area contributed by atoms with Crippen molar-refractivity contribution in [1.82, 2.24) is 14.5 Å². The maximum absolute atomic E-state index is 13.3. The van der Waals surface area contributed by atoms with E-state index in [1.807, 2.05) is 13.0 Å². The van der Waals surface area contributed by atoms with Crippen molar-refractivity contribution in [3.63, 3.8) is 0 Å². The fourth-order valence-electron chi connectivity index (χ4n) is 2.43. The van der Waals surface area contributed by atoms with Crippen LogP contribution in [0.3, 0.4) is 0 Å². The van der Waals surface area contributed by atoms with Gasteiger partial charge in [0.1, 0.15) is 28.6 Å². The summed E-state index contributed by atoms with van der Waals surface area (Å²) < 4.78 is 19.9. The number of aromatic nitrogens is 3.